The normalized spacial score (nSPS) is 11.8. The lowest BCUT2D eigenvalue weighted by atomic mass is 10.1. The summed E-state index contributed by atoms with van der Waals surface area (Å²) in [5.41, 5.74) is 0.838. The number of hydrogen-bond donors (Lipinski definition) is 0. The van der Waals surface area contributed by atoms with Crippen LogP contribution in [-0.2, 0) is 4.79 Å². The van der Waals surface area contributed by atoms with E-state index in [9.17, 15) is 4.79 Å². The van der Waals surface area contributed by atoms with Gasteiger partial charge >= 0.3 is 0 Å². The van der Waals surface area contributed by atoms with Gasteiger partial charge in [-0.1, -0.05) is 17.8 Å². The van der Waals surface area contributed by atoms with Crippen LogP contribution in [0.4, 0.5) is 0 Å². The monoisotopic (exact) mass is 289 g/mol. The number of thioether (sulfide) groups is 1. The highest BCUT2D eigenvalue weighted by molar-refractivity contribution is 7.99. The number of hydrogen-bond acceptors (Lipinski definition) is 6. The molecule has 0 aromatic carbocycles. The van der Waals surface area contributed by atoms with Crippen LogP contribution in [0.15, 0.2) is 34.8 Å². The smallest absolute Gasteiger partial charge is 0.167 e. The van der Waals surface area contributed by atoms with E-state index in [1.807, 2.05) is 36.6 Å². The minimum Gasteiger partial charge on any atom is -0.297 e. The van der Waals surface area contributed by atoms with Crippen LogP contribution in [-0.4, -0.2) is 21.5 Å². The maximum atomic E-state index is 12.1. The van der Waals surface area contributed by atoms with Gasteiger partial charge in [0, 0.05) is 17.3 Å². The number of thiazole rings is 1. The van der Waals surface area contributed by atoms with Gasteiger partial charge in [-0.05, 0) is 19.1 Å². The molecular formula is C13H11N3OS2. The van der Waals surface area contributed by atoms with E-state index in [-0.39, 0.29) is 11.5 Å². The lowest BCUT2D eigenvalue weighted by molar-refractivity contribution is -0.116. The number of carbonyl (C=O) groups is 1. The SMILES string of the molecule is Cc1csc(C(C#N)C(=O)CSc2ccccn2)n1. The molecule has 19 heavy (non-hydrogen) atoms. The summed E-state index contributed by atoms with van der Waals surface area (Å²) in [6, 6.07) is 7.56. The molecule has 0 spiro atoms. The molecule has 2 rings (SSSR count). The predicted octanol–water partition coefficient (Wildman–Crippen LogP) is 2.82. The van der Waals surface area contributed by atoms with Gasteiger partial charge in [0.2, 0.25) is 0 Å². The van der Waals surface area contributed by atoms with Gasteiger partial charge < -0.3 is 0 Å². The van der Waals surface area contributed by atoms with Crippen molar-refractivity contribution in [1.29, 1.82) is 5.26 Å². The second-order valence-electron chi connectivity index (χ2n) is 3.81. The molecule has 6 heteroatoms. The van der Waals surface area contributed by atoms with E-state index in [1.165, 1.54) is 23.1 Å². The van der Waals surface area contributed by atoms with Gasteiger partial charge in [0.05, 0.1) is 16.8 Å². The van der Waals surface area contributed by atoms with Crippen molar-refractivity contribution >= 4 is 28.9 Å². The van der Waals surface area contributed by atoms with Gasteiger partial charge in [-0.3, -0.25) is 4.79 Å². The first-order valence-electron chi connectivity index (χ1n) is 5.59. The summed E-state index contributed by atoms with van der Waals surface area (Å²) >= 11 is 2.69. The topological polar surface area (TPSA) is 66.6 Å². The molecule has 0 amide bonds. The number of aromatic nitrogens is 2. The zero-order valence-electron chi connectivity index (χ0n) is 10.2. The third-order valence-electron chi connectivity index (χ3n) is 2.33. The van der Waals surface area contributed by atoms with E-state index in [0.717, 1.165) is 10.7 Å². The molecule has 0 radical (unpaired) electrons. The van der Waals surface area contributed by atoms with Crippen molar-refractivity contribution in [2.24, 2.45) is 0 Å². The zero-order valence-corrected chi connectivity index (χ0v) is 11.9. The third kappa shape index (κ3) is 3.63. The maximum absolute atomic E-state index is 12.1. The average molecular weight is 289 g/mol. The van der Waals surface area contributed by atoms with Gasteiger partial charge in [-0.15, -0.1) is 11.3 Å². The summed E-state index contributed by atoms with van der Waals surface area (Å²) in [5, 5.41) is 12.3. The van der Waals surface area contributed by atoms with E-state index in [0.29, 0.717) is 5.01 Å². The largest absolute Gasteiger partial charge is 0.297 e. The number of aryl methyl sites for hydroxylation is 1. The minimum absolute atomic E-state index is 0.132. The van der Waals surface area contributed by atoms with E-state index in [1.54, 1.807) is 6.20 Å². The quantitative estimate of drug-likeness (QED) is 0.792. The highest BCUT2D eigenvalue weighted by Crippen LogP contribution is 2.23. The molecule has 2 aromatic rings. The Morgan fingerprint density at radius 1 is 1.58 bits per heavy atom. The molecule has 1 unspecified atom stereocenters. The fraction of sp³-hybridized carbons (Fsp3) is 0.231. The molecule has 0 N–H and O–H groups in total. The molecule has 2 heterocycles. The van der Waals surface area contributed by atoms with E-state index >= 15 is 0 Å². The molecule has 96 valence electrons. The standard InChI is InChI=1S/C13H11N3OS2/c1-9-7-19-13(16-9)10(6-14)11(17)8-18-12-4-2-3-5-15-12/h2-5,7,10H,8H2,1H3. The van der Waals surface area contributed by atoms with Gasteiger partial charge in [0.25, 0.3) is 0 Å². The van der Waals surface area contributed by atoms with E-state index in [2.05, 4.69) is 9.97 Å². The van der Waals surface area contributed by atoms with Crippen LogP contribution in [0.2, 0.25) is 0 Å². The summed E-state index contributed by atoms with van der Waals surface area (Å²) in [6.07, 6.45) is 1.68. The number of rotatable bonds is 5. The van der Waals surface area contributed by atoms with Crippen molar-refractivity contribution < 1.29 is 4.79 Å². The Balaban J connectivity index is 2.00. The Morgan fingerprint density at radius 3 is 3.00 bits per heavy atom. The van der Waals surface area contributed by atoms with Crippen LogP contribution in [0, 0.1) is 18.3 Å². The molecule has 0 aliphatic rings. The molecular weight excluding hydrogens is 278 g/mol. The molecule has 0 saturated carbocycles. The van der Waals surface area contributed by atoms with E-state index < -0.39 is 5.92 Å². The summed E-state index contributed by atoms with van der Waals surface area (Å²) in [6.45, 7) is 1.85. The van der Waals surface area contributed by atoms with Crippen molar-refractivity contribution in [2.75, 3.05) is 5.75 Å². The van der Waals surface area contributed by atoms with Crippen molar-refractivity contribution in [3.8, 4) is 6.07 Å². The highest BCUT2D eigenvalue weighted by atomic mass is 32.2. The van der Waals surface area contributed by atoms with Crippen LogP contribution in [0.5, 0.6) is 0 Å². The molecule has 0 bridgehead atoms. The van der Waals surface area contributed by atoms with E-state index in [4.69, 9.17) is 5.26 Å². The lowest BCUT2D eigenvalue weighted by Gasteiger charge is -2.04. The molecule has 0 aliphatic carbocycles. The number of Topliss-reactive ketones (excluding diaryl/α,β-unsaturated/α-hetero) is 1. The first kappa shape index (κ1) is 13.7. The maximum Gasteiger partial charge on any atom is 0.167 e. The highest BCUT2D eigenvalue weighted by Gasteiger charge is 2.23. The Labute approximate surface area is 119 Å². The summed E-state index contributed by atoms with van der Waals surface area (Å²) in [7, 11) is 0. The zero-order chi connectivity index (χ0) is 13.7. The van der Waals surface area contributed by atoms with Crippen LogP contribution in [0.25, 0.3) is 0 Å². The summed E-state index contributed by atoms with van der Waals surface area (Å²) < 4.78 is 0. The summed E-state index contributed by atoms with van der Waals surface area (Å²) in [4.78, 5) is 20.4. The Bertz CT molecular complexity index is 604. The molecule has 4 nitrogen and oxygen atoms in total. The van der Waals surface area contributed by atoms with Gasteiger partial charge in [0.1, 0.15) is 5.01 Å². The van der Waals surface area contributed by atoms with Gasteiger partial charge in [-0.25, -0.2) is 9.97 Å². The fourth-order valence-corrected chi connectivity index (χ4v) is 3.06. The Kier molecular flexibility index (Phi) is 4.66. The van der Waals surface area contributed by atoms with Crippen molar-refractivity contribution in [1.82, 2.24) is 9.97 Å². The predicted molar refractivity (Wildman–Crippen MR) is 75.2 cm³/mol. The number of pyridine rings is 1. The Morgan fingerprint density at radius 2 is 2.42 bits per heavy atom. The number of carbonyl (C=O) groups excluding carboxylic acids is 1. The average Bonchev–Trinajstić information content (AvgIpc) is 2.85. The minimum atomic E-state index is -0.769. The van der Waals surface area contributed by atoms with Gasteiger partial charge in [0.15, 0.2) is 11.7 Å². The molecule has 0 fully saturated rings. The lowest BCUT2D eigenvalue weighted by Crippen LogP contribution is -2.13. The second-order valence-corrected chi connectivity index (χ2v) is 5.70. The number of nitriles is 1. The first-order valence-corrected chi connectivity index (χ1v) is 7.45. The Hall–Kier alpha value is -1.71. The van der Waals surface area contributed by atoms with Crippen LogP contribution in [0.1, 0.15) is 16.6 Å². The second kappa shape index (κ2) is 6.45. The van der Waals surface area contributed by atoms with Crippen LogP contribution < -0.4 is 0 Å². The molecule has 0 saturated heterocycles. The first-order chi connectivity index (χ1) is 9.20. The molecule has 1 atom stereocenters. The molecule has 2 aromatic heterocycles. The van der Waals surface area contributed by atoms with Crippen molar-refractivity contribution in [3.05, 3.63) is 40.5 Å². The van der Waals surface area contributed by atoms with Gasteiger partial charge in [-0.2, -0.15) is 5.26 Å². The van der Waals surface area contributed by atoms with Crippen LogP contribution >= 0.6 is 23.1 Å². The number of ketones is 1. The number of nitrogens with zero attached hydrogens (tertiary/aromatic N) is 3. The summed E-state index contributed by atoms with van der Waals surface area (Å²) in [5.74, 6) is -0.671. The van der Waals surface area contributed by atoms with Crippen molar-refractivity contribution in [2.45, 2.75) is 17.9 Å². The van der Waals surface area contributed by atoms with Crippen LogP contribution in [0.3, 0.4) is 0 Å². The molecule has 0 aliphatic heterocycles. The van der Waals surface area contributed by atoms with Crippen molar-refractivity contribution in [3.63, 3.8) is 0 Å². The fourth-order valence-electron chi connectivity index (χ4n) is 1.43. The third-order valence-corrected chi connectivity index (χ3v) is 4.33.